The standard InChI is InChI=1S/C25H32Cl3N3O4S/c1-5-23(25(33)29-17(2)3)30(16-18-8-9-20(27)15-22(18)28)24(32)7-6-14-31(36(4,34)35)21-12-10-19(26)11-13-21/h8-13,15,17,23H,5-7,14,16H2,1-4H3,(H,29,33). The lowest BCUT2D eigenvalue weighted by Crippen LogP contribution is -2.50. The molecule has 0 saturated carbocycles. The number of carbonyl (C=O) groups excluding carboxylic acids is 2. The highest BCUT2D eigenvalue weighted by Crippen LogP contribution is 2.25. The Hall–Kier alpha value is -2.00. The monoisotopic (exact) mass is 575 g/mol. The van der Waals surface area contributed by atoms with Gasteiger partial charge in [-0.2, -0.15) is 0 Å². The number of hydrogen-bond acceptors (Lipinski definition) is 4. The van der Waals surface area contributed by atoms with Crippen LogP contribution in [0.1, 0.15) is 45.6 Å². The van der Waals surface area contributed by atoms with Gasteiger partial charge in [-0.05, 0) is 68.7 Å². The quantitative estimate of drug-likeness (QED) is 0.360. The predicted octanol–water partition coefficient (Wildman–Crippen LogP) is 5.53. The van der Waals surface area contributed by atoms with Crippen LogP contribution in [0.4, 0.5) is 5.69 Å². The molecule has 0 radical (unpaired) electrons. The molecule has 2 aromatic rings. The lowest BCUT2D eigenvalue weighted by Gasteiger charge is -2.32. The van der Waals surface area contributed by atoms with Gasteiger partial charge in [-0.15, -0.1) is 0 Å². The molecule has 1 N–H and O–H groups in total. The van der Waals surface area contributed by atoms with Crippen LogP contribution in [0.3, 0.4) is 0 Å². The molecule has 0 aliphatic heterocycles. The van der Waals surface area contributed by atoms with Crippen molar-refractivity contribution in [2.24, 2.45) is 0 Å². The third-order valence-corrected chi connectivity index (χ3v) is 7.47. The SMILES string of the molecule is CCC(C(=O)NC(C)C)N(Cc1ccc(Cl)cc1Cl)C(=O)CCCN(c1ccc(Cl)cc1)S(C)(=O)=O. The molecule has 0 saturated heterocycles. The number of nitrogens with zero attached hydrogens (tertiary/aromatic N) is 2. The number of benzene rings is 2. The molecule has 0 aliphatic carbocycles. The second-order valence-electron chi connectivity index (χ2n) is 8.76. The molecule has 2 amide bonds. The maximum absolute atomic E-state index is 13.4. The Bertz CT molecular complexity index is 1160. The fourth-order valence-corrected chi connectivity index (χ4v) is 5.30. The molecule has 1 unspecified atom stereocenters. The zero-order valence-corrected chi connectivity index (χ0v) is 23.9. The molecule has 2 rings (SSSR count). The molecular weight excluding hydrogens is 545 g/mol. The smallest absolute Gasteiger partial charge is 0.243 e. The van der Waals surface area contributed by atoms with Gasteiger partial charge in [-0.25, -0.2) is 8.42 Å². The molecule has 0 aromatic heterocycles. The van der Waals surface area contributed by atoms with Crippen molar-refractivity contribution in [3.8, 4) is 0 Å². The first-order valence-electron chi connectivity index (χ1n) is 11.6. The molecule has 11 heteroatoms. The summed E-state index contributed by atoms with van der Waals surface area (Å²) in [5.41, 5.74) is 1.12. The highest BCUT2D eigenvalue weighted by Gasteiger charge is 2.29. The third-order valence-electron chi connectivity index (χ3n) is 5.44. The molecule has 36 heavy (non-hydrogen) atoms. The summed E-state index contributed by atoms with van der Waals surface area (Å²) >= 11 is 18.3. The van der Waals surface area contributed by atoms with Crippen LogP contribution < -0.4 is 9.62 Å². The Morgan fingerprint density at radius 1 is 1.00 bits per heavy atom. The van der Waals surface area contributed by atoms with E-state index in [1.54, 1.807) is 42.5 Å². The van der Waals surface area contributed by atoms with Crippen LogP contribution in [0.5, 0.6) is 0 Å². The molecule has 0 bridgehead atoms. The van der Waals surface area contributed by atoms with E-state index in [2.05, 4.69) is 5.32 Å². The van der Waals surface area contributed by atoms with Crippen molar-refractivity contribution < 1.29 is 18.0 Å². The van der Waals surface area contributed by atoms with Crippen LogP contribution >= 0.6 is 34.8 Å². The molecule has 2 aromatic carbocycles. The van der Waals surface area contributed by atoms with Crippen LogP contribution in [-0.2, 0) is 26.2 Å². The van der Waals surface area contributed by atoms with Crippen LogP contribution in [0, 0.1) is 0 Å². The summed E-state index contributed by atoms with van der Waals surface area (Å²) in [7, 11) is -3.58. The summed E-state index contributed by atoms with van der Waals surface area (Å²) in [4.78, 5) is 27.8. The maximum Gasteiger partial charge on any atom is 0.243 e. The average Bonchev–Trinajstić information content (AvgIpc) is 2.77. The van der Waals surface area contributed by atoms with E-state index >= 15 is 0 Å². The Balaban J connectivity index is 2.25. The van der Waals surface area contributed by atoms with Gasteiger partial charge in [0.1, 0.15) is 6.04 Å². The Kier molecular flexibility index (Phi) is 11.3. The minimum Gasteiger partial charge on any atom is -0.352 e. The first-order chi connectivity index (χ1) is 16.8. The zero-order chi connectivity index (χ0) is 27.0. The van der Waals surface area contributed by atoms with E-state index in [0.29, 0.717) is 32.7 Å². The van der Waals surface area contributed by atoms with Crippen molar-refractivity contribution in [1.82, 2.24) is 10.2 Å². The van der Waals surface area contributed by atoms with Crippen molar-refractivity contribution in [2.45, 2.75) is 58.7 Å². The van der Waals surface area contributed by atoms with Crippen molar-refractivity contribution in [1.29, 1.82) is 0 Å². The van der Waals surface area contributed by atoms with Gasteiger partial charge < -0.3 is 10.2 Å². The van der Waals surface area contributed by atoms with E-state index in [1.165, 1.54) is 9.21 Å². The van der Waals surface area contributed by atoms with E-state index in [4.69, 9.17) is 34.8 Å². The fourth-order valence-electron chi connectivity index (χ4n) is 3.74. The molecule has 1 atom stereocenters. The van der Waals surface area contributed by atoms with Crippen LogP contribution in [0.25, 0.3) is 0 Å². The molecular formula is C25H32Cl3N3O4S. The van der Waals surface area contributed by atoms with E-state index in [9.17, 15) is 18.0 Å². The number of halogens is 3. The highest BCUT2D eigenvalue weighted by molar-refractivity contribution is 7.92. The lowest BCUT2D eigenvalue weighted by molar-refractivity contribution is -0.141. The van der Waals surface area contributed by atoms with Crippen molar-refractivity contribution >= 4 is 62.3 Å². The van der Waals surface area contributed by atoms with Crippen LogP contribution in [0.15, 0.2) is 42.5 Å². The number of nitrogens with one attached hydrogen (secondary N) is 1. The van der Waals surface area contributed by atoms with Crippen molar-refractivity contribution in [3.05, 3.63) is 63.1 Å². The molecule has 0 heterocycles. The van der Waals surface area contributed by atoms with Gasteiger partial charge in [-0.3, -0.25) is 13.9 Å². The van der Waals surface area contributed by atoms with Gasteiger partial charge in [0.15, 0.2) is 0 Å². The normalized spacial score (nSPS) is 12.3. The average molecular weight is 577 g/mol. The third kappa shape index (κ3) is 8.83. The highest BCUT2D eigenvalue weighted by atomic mass is 35.5. The van der Waals surface area contributed by atoms with E-state index in [-0.39, 0.29) is 43.8 Å². The van der Waals surface area contributed by atoms with E-state index < -0.39 is 16.1 Å². The minimum atomic E-state index is -3.58. The van der Waals surface area contributed by atoms with Crippen molar-refractivity contribution in [2.75, 3.05) is 17.1 Å². The van der Waals surface area contributed by atoms with Crippen LogP contribution in [-0.4, -0.2) is 50.0 Å². The summed E-state index contributed by atoms with van der Waals surface area (Å²) < 4.78 is 26.0. The van der Waals surface area contributed by atoms with Gasteiger partial charge in [0.05, 0.1) is 11.9 Å². The summed E-state index contributed by atoms with van der Waals surface area (Å²) in [6, 6.07) is 10.6. The number of amides is 2. The summed E-state index contributed by atoms with van der Waals surface area (Å²) in [6.45, 7) is 5.75. The molecule has 0 fully saturated rings. The number of sulfonamides is 1. The first-order valence-corrected chi connectivity index (χ1v) is 14.6. The second kappa shape index (κ2) is 13.5. The predicted molar refractivity (Wildman–Crippen MR) is 147 cm³/mol. The Labute approximate surface area is 228 Å². The summed E-state index contributed by atoms with van der Waals surface area (Å²) in [5, 5.41) is 4.22. The van der Waals surface area contributed by atoms with Gasteiger partial charge in [-0.1, -0.05) is 47.8 Å². The van der Waals surface area contributed by atoms with E-state index in [0.717, 1.165) is 6.26 Å². The largest absolute Gasteiger partial charge is 0.352 e. The van der Waals surface area contributed by atoms with Crippen LogP contribution in [0.2, 0.25) is 15.1 Å². The topological polar surface area (TPSA) is 86.8 Å². The summed E-state index contributed by atoms with van der Waals surface area (Å²) in [5.74, 6) is -0.541. The van der Waals surface area contributed by atoms with E-state index in [1.807, 2.05) is 20.8 Å². The Morgan fingerprint density at radius 2 is 1.61 bits per heavy atom. The number of anilines is 1. The summed E-state index contributed by atoms with van der Waals surface area (Å²) in [6.07, 6.45) is 1.80. The second-order valence-corrected chi connectivity index (χ2v) is 11.9. The molecule has 7 nitrogen and oxygen atoms in total. The van der Waals surface area contributed by atoms with Gasteiger partial charge >= 0.3 is 0 Å². The van der Waals surface area contributed by atoms with Gasteiger partial charge in [0, 0.05) is 40.6 Å². The Morgan fingerprint density at radius 3 is 2.14 bits per heavy atom. The van der Waals surface area contributed by atoms with Gasteiger partial charge in [0.25, 0.3) is 0 Å². The molecule has 0 aliphatic rings. The number of rotatable bonds is 12. The lowest BCUT2D eigenvalue weighted by atomic mass is 10.1. The fraction of sp³-hybridized carbons (Fsp3) is 0.440. The maximum atomic E-state index is 13.4. The number of carbonyl (C=O) groups is 2. The number of hydrogen-bond donors (Lipinski definition) is 1. The molecule has 198 valence electrons. The van der Waals surface area contributed by atoms with Crippen molar-refractivity contribution in [3.63, 3.8) is 0 Å². The van der Waals surface area contributed by atoms with Gasteiger partial charge in [0.2, 0.25) is 21.8 Å². The zero-order valence-electron chi connectivity index (χ0n) is 20.8. The molecule has 0 spiro atoms. The minimum absolute atomic E-state index is 0.0380. The first kappa shape index (κ1) is 30.2.